The molecule has 18 heavy (non-hydrogen) atoms. The van der Waals surface area contributed by atoms with Gasteiger partial charge in [-0.25, -0.2) is 4.39 Å². The average Bonchev–Trinajstić information content (AvgIpc) is 2.68. The predicted molar refractivity (Wildman–Crippen MR) is 67.9 cm³/mol. The molecule has 1 N–H and O–H groups in total. The van der Waals surface area contributed by atoms with Crippen LogP contribution in [-0.2, 0) is 4.79 Å². The van der Waals surface area contributed by atoms with Gasteiger partial charge in [0.05, 0.1) is 5.92 Å². The van der Waals surface area contributed by atoms with Gasteiger partial charge in [0.15, 0.2) is 0 Å². The summed E-state index contributed by atoms with van der Waals surface area (Å²) < 4.78 is 13.1. The quantitative estimate of drug-likeness (QED) is 0.868. The van der Waals surface area contributed by atoms with Crippen molar-refractivity contribution in [3.63, 3.8) is 0 Å². The molecule has 2 aromatic rings. The summed E-state index contributed by atoms with van der Waals surface area (Å²) in [4.78, 5) is 17.1. The van der Waals surface area contributed by atoms with Crippen LogP contribution < -0.4 is 0 Å². The Bertz CT molecular complexity index is 601. The van der Waals surface area contributed by atoms with Gasteiger partial charge in [0, 0.05) is 30.2 Å². The van der Waals surface area contributed by atoms with E-state index in [0.29, 0.717) is 0 Å². The van der Waals surface area contributed by atoms with Crippen LogP contribution in [0.1, 0.15) is 24.8 Å². The van der Waals surface area contributed by atoms with Crippen molar-refractivity contribution in [3.05, 3.63) is 35.8 Å². The maximum Gasteiger partial charge on any atom is 0.229 e. The molecule has 0 aliphatic carbocycles. The summed E-state index contributed by atoms with van der Waals surface area (Å²) in [6.07, 6.45) is 2.91. The molecule has 2 heterocycles. The number of H-pyrrole nitrogens is 1. The fourth-order valence-electron chi connectivity index (χ4n) is 2.42. The fourth-order valence-corrected chi connectivity index (χ4v) is 2.42. The number of nitrogens with zero attached hydrogens (tertiary/aromatic N) is 1. The van der Waals surface area contributed by atoms with E-state index in [1.807, 2.05) is 18.0 Å². The lowest BCUT2D eigenvalue weighted by Gasteiger charge is -2.33. The first kappa shape index (κ1) is 11.3. The van der Waals surface area contributed by atoms with Gasteiger partial charge in [-0.1, -0.05) is 0 Å². The maximum absolute atomic E-state index is 13.1. The van der Waals surface area contributed by atoms with Crippen molar-refractivity contribution in [1.82, 2.24) is 9.88 Å². The van der Waals surface area contributed by atoms with Gasteiger partial charge < -0.3 is 9.88 Å². The minimum atomic E-state index is -0.266. The number of hydrogen-bond acceptors (Lipinski definition) is 1. The zero-order valence-electron chi connectivity index (χ0n) is 10.2. The van der Waals surface area contributed by atoms with Crippen molar-refractivity contribution in [2.75, 3.05) is 13.1 Å². The third kappa shape index (κ3) is 1.68. The lowest BCUT2D eigenvalue weighted by molar-refractivity contribution is -0.135. The highest BCUT2D eigenvalue weighted by Gasteiger charge is 2.27. The zero-order chi connectivity index (χ0) is 12.7. The van der Waals surface area contributed by atoms with Crippen LogP contribution in [0.5, 0.6) is 0 Å². The van der Waals surface area contributed by atoms with Crippen LogP contribution in [0.4, 0.5) is 4.39 Å². The summed E-state index contributed by atoms with van der Waals surface area (Å²) >= 11 is 0. The molecule has 3 nitrogen and oxygen atoms in total. The molecular formula is C14H15FN2O. The largest absolute Gasteiger partial charge is 0.361 e. The molecule has 0 spiro atoms. The smallest absolute Gasteiger partial charge is 0.229 e. The molecule has 1 aromatic carbocycles. The number of benzene rings is 1. The Labute approximate surface area is 105 Å². The van der Waals surface area contributed by atoms with Crippen molar-refractivity contribution in [1.29, 1.82) is 0 Å². The topological polar surface area (TPSA) is 36.1 Å². The van der Waals surface area contributed by atoms with E-state index in [0.717, 1.165) is 36.0 Å². The first-order chi connectivity index (χ1) is 8.66. The highest BCUT2D eigenvalue weighted by molar-refractivity contribution is 5.92. The van der Waals surface area contributed by atoms with Gasteiger partial charge in [0.2, 0.25) is 5.91 Å². The van der Waals surface area contributed by atoms with Crippen LogP contribution in [0.15, 0.2) is 24.4 Å². The molecule has 1 aliphatic rings. The first-order valence-corrected chi connectivity index (χ1v) is 6.22. The number of likely N-dealkylation sites (tertiary alicyclic amines) is 1. The van der Waals surface area contributed by atoms with E-state index in [1.54, 1.807) is 6.07 Å². The summed E-state index contributed by atoms with van der Waals surface area (Å²) in [5.41, 5.74) is 1.69. The van der Waals surface area contributed by atoms with Crippen LogP contribution in [-0.4, -0.2) is 28.9 Å². The first-order valence-electron chi connectivity index (χ1n) is 6.22. The van der Waals surface area contributed by atoms with Crippen molar-refractivity contribution in [2.24, 2.45) is 0 Å². The van der Waals surface area contributed by atoms with E-state index in [4.69, 9.17) is 0 Å². The van der Waals surface area contributed by atoms with Crippen molar-refractivity contribution in [3.8, 4) is 0 Å². The SMILES string of the molecule is CC(C(=O)N1CCC1)c1c[nH]c2cc(F)ccc12. The molecule has 3 rings (SSSR count). The number of carbonyl (C=O) groups excluding carboxylic acids is 1. The summed E-state index contributed by atoms with van der Waals surface area (Å²) in [7, 11) is 0. The highest BCUT2D eigenvalue weighted by atomic mass is 19.1. The molecule has 1 aliphatic heterocycles. The summed E-state index contributed by atoms with van der Waals surface area (Å²) in [5, 5.41) is 0.928. The Kier molecular flexibility index (Phi) is 2.58. The second-order valence-electron chi connectivity index (χ2n) is 4.83. The number of halogens is 1. The van der Waals surface area contributed by atoms with E-state index in [9.17, 15) is 9.18 Å². The number of amides is 1. The number of hydrogen-bond donors (Lipinski definition) is 1. The van der Waals surface area contributed by atoms with Crippen molar-refractivity contribution in [2.45, 2.75) is 19.3 Å². The monoisotopic (exact) mass is 246 g/mol. The number of nitrogens with one attached hydrogen (secondary N) is 1. The molecule has 1 aromatic heterocycles. The van der Waals surface area contributed by atoms with Gasteiger partial charge in [0.1, 0.15) is 5.82 Å². The lowest BCUT2D eigenvalue weighted by Crippen LogP contribution is -2.44. The number of aromatic nitrogens is 1. The van der Waals surface area contributed by atoms with Crippen LogP contribution in [0.3, 0.4) is 0 Å². The third-order valence-electron chi connectivity index (χ3n) is 3.68. The Morgan fingerprint density at radius 2 is 2.22 bits per heavy atom. The molecule has 1 saturated heterocycles. The van der Waals surface area contributed by atoms with Crippen LogP contribution in [0.2, 0.25) is 0 Å². The highest BCUT2D eigenvalue weighted by Crippen LogP contribution is 2.28. The van der Waals surface area contributed by atoms with Gasteiger partial charge in [0.25, 0.3) is 0 Å². The lowest BCUT2D eigenvalue weighted by atomic mass is 9.97. The summed E-state index contributed by atoms with van der Waals surface area (Å²) in [6, 6.07) is 4.62. The molecule has 1 fully saturated rings. The average molecular weight is 246 g/mol. The van der Waals surface area contributed by atoms with Crippen LogP contribution >= 0.6 is 0 Å². The molecule has 0 bridgehead atoms. The van der Waals surface area contributed by atoms with Gasteiger partial charge in [-0.3, -0.25) is 4.79 Å². The Morgan fingerprint density at radius 3 is 2.89 bits per heavy atom. The van der Waals surface area contributed by atoms with Crippen LogP contribution in [0, 0.1) is 5.82 Å². The Morgan fingerprint density at radius 1 is 1.44 bits per heavy atom. The van der Waals surface area contributed by atoms with E-state index >= 15 is 0 Å². The second kappa shape index (κ2) is 4.12. The molecule has 1 atom stereocenters. The number of carbonyl (C=O) groups is 1. The van der Waals surface area contributed by atoms with Gasteiger partial charge >= 0.3 is 0 Å². The molecule has 1 amide bonds. The van der Waals surface area contributed by atoms with Crippen LogP contribution in [0.25, 0.3) is 10.9 Å². The predicted octanol–water partition coefficient (Wildman–Crippen LogP) is 2.64. The maximum atomic E-state index is 13.1. The minimum Gasteiger partial charge on any atom is -0.361 e. The standard InChI is InChI=1S/C14H15FN2O/c1-9(14(18)17-5-2-6-17)12-8-16-13-7-10(15)3-4-11(12)13/h3-4,7-9,16H,2,5-6H2,1H3. The Hall–Kier alpha value is -1.84. The molecular weight excluding hydrogens is 231 g/mol. The van der Waals surface area contributed by atoms with Gasteiger partial charge in [-0.15, -0.1) is 0 Å². The number of aromatic amines is 1. The van der Waals surface area contributed by atoms with E-state index in [-0.39, 0.29) is 17.6 Å². The van der Waals surface area contributed by atoms with E-state index in [2.05, 4.69) is 4.98 Å². The molecule has 94 valence electrons. The van der Waals surface area contributed by atoms with Gasteiger partial charge in [-0.05, 0) is 37.1 Å². The Balaban J connectivity index is 1.95. The van der Waals surface area contributed by atoms with Crippen molar-refractivity contribution >= 4 is 16.8 Å². The number of fused-ring (bicyclic) bond motifs is 1. The molecule has 0 radical (unpaired) electrons. The normalized spacial score (nSPS) is 16.7. The van der Waals surface area contributed by atoms with E-state index < -0.39 is 0 Å². The van der Waals surface area contributed by atoms with Gasteiger partial charge in [-0.2, -0.15) is 0 Å². The molecule has 4 heteroatoms. The zero-order valence-corrected chi connectivity index (χ0v) is 10.2. The molecule has 0 saturated carbocycles. The summed E-state index contributed by atoms with van der Waals surface area (Å²) in [5.74, 6) is -0.284. The summed E-state index contributed by atoms with van der Waals surface area (Å²) in [6.45, 7) is 3.63. The van der Waals surface area contributed by atoms with Crippen molar-refractivity contribution < 1.29 is 9.18 Å². The minimum absolute atomic E-state index is 0.159. The second-order valence-corrected chi connectivity index (χ2v) is 4.83. The molecule has 1 unspecified atom stereocenters. The third-order valence-corrected chi connectivity index (χ3v) is 3.68. The number of rotatable bonds is 2. The fraction of sp³-hybridized carbons (Fsp3) is 0.357. The van der Waals surface area contributed by atoms with E-state index in [1.165, 1.54) is 12.1 Å².